The average Bonchev–Trinajstić information content (AvgIpc) is 2.04. The van der Waals surface area contributed by atoms with Crippen molar-refractivity contribution < 1.29 is 4.65 Å². The molecule has 12 heavy (non-hydrogen) atoms. The molecule has 0 aromatic rings. The van der Waals surface area contributed by atoms with Gasteiger partial charge in [-0.25, -0.2) is 0 Å². The van der Waals surface area contributed by atoms with Crippen LogP contribution in [-0.4, -0.2) is 13.5 Å². The Morgan fingerprint density at radius 1 is 1.25 bits per heavy atom. The SMILES string of the molecule is CCOB1CC2CCCC(C1)C2. The molecule has 2 atom stereocenters. The zero-order valence-electron chi connectivity index (χ0n) is 8.09. The van der Waals surface area contributed by atoms with Gasteiger partial charge in [-0.3, -0.25) is 0 Å². The van der Waals surface area contributed by atoms with E-state index in [-0.39, 0.29) is 0 Å². The summed E-state index contributed by atoms with van der Waals surface area (Å²) in [6, 6.07) is 0. The van der Waals surface area contributed by atoms with Gasteiger partial charge >= 0.3 is 0 Å². The Hall–Kier alpha value is 0.0249. The Kier molecular flexibility index (Phi) is 2.74. The molecule has 2 aliphatic rings. The largest absolute Gasteiger partial charge is 0.436 e. The van der Waals surface area contributed by atoms with Crippen LogP contribution in [0.1, 0.15) is 32.6 Å². The summed E-state index contributed by atoms with van der Waals surface area (Å²) < 4.78 is 5.72. The molecule has 2 unspecified atom stereocenters. The van der Waals surface area contributed by atoms with Crippen molar-refractivity contribution in [3.8, 4) is 0 Å². The van der Waals surface area contributed by atoms with Crippen molar-refractivity contribution in [2.75, 3.05) is 6.61 Å². The summed E-state index contributed by atoms with van der Waals surface area (Å²) in [5, 5.41) is 0. The van der Waals surface area contributed by atoms with Gasteiger partial charge in [-0.1, -0.05) is 19.3 Å². The summed E-state index contributed by atoms with van der Waals surface area (Å²) in [6.07, 6.45) is 8.63. The van der Waals surface area contributed by atoms with Gasteiger partial charge < -0.3 is 4.65 Å². The molecule has 2 bridgehead atoms. The fourth-order valence-corrected chi connectivity index (χ4v) is 3.04. The number of rotatable bonds is 2. The predicted octanol–water partition coefficient (Wildman–Crippen LogP) is 2.83. The van der Waals surface area contributed by atoms with Gasteiger partial charge in [0.1, 0.15) is 0 Å². The molecule has 2 fully saturated rings. The third kappa shape index (κ3) is 1.85. The van der Waals surface area contributed by atoms with Crippen molar-refractivity contribution in [3.05, 3.63) is 0 Å². The highest BCUT2D eigenvalue weighted by atomic mass is 16.4. The van der Waals surface area contributed by atoms with Crippen LogP contribution in [0.4, 0.5) is 0 Å². The minimum Gasteiger partial charge on any atom is -0.436 e. The second kappa shape index (κ2) is 3.82. The fraction of sp³-hybridized carbons (Fsp3) is 1.00. The molecule has 0 aromatic carbocycles. The highest BCUT2D eigenvalue weighted by molar-refractivity contribution is 6.52. The van der Waals surface area contributed by atoms with E-state index in [0.717, 1.165) is 18.4 Å². The van der Waals surface area contributed by atoms with Gasteiger partial charge in [0.2, 0.25) is 0 Å². The van der Waals surface area contributed by atoms with Gasteiger partial charge in [0.05, 0.1) is 0 Å². The Morgan fingerprint density at radius 2 is 1.92 bits per heavy atom. The van der Waals surface area contributed by atoms with Gasteiger partial charge in [0.15, 0.2) is 0 Å². The highest BCUT2D eigenvalue weighted by Gasteiger charge is 2.34. The van der Waals surface area contributed by atoms with Crippen LogP contribution in [0.15, 0.2) is 0 Å². The van der Waals surface area contributed by atoms with E-state index in [1.54, 1.807) is 0 Å². The smallest absolute Gasteiger partial charge is 0.293 e. The van der Waals surface area contributed by atoms with Crippen LogP contribution in [0.25, 0.3) is 0 Å². The highest BCUT2D eigenvalue weighted by Crippen LogP contribution is 2.40. The minimum absolute atomic E-state index is 0.610. The number of hydrogen-bond acceptors (Lipinski definition) is 1. The molecule has 0 amide bonds. The Labute approximate surface area is 76.0 Å². The first-order valence-electron chi connectivity index (χ1n) is 5.50. The van der Waals surface area contributed by atoms with Gasteiger partial charge in [0, 0.05) is 6.61 Å². The second-order valence-corrected chi connectivity index (χ2v) is 4.45. The van der Waals surface area contributed by atoms with Crippen LogP contribution in [0.5, 0.6) is 0 Å². The summed E-state index contributed by atoms with van der Waals surface area (Å²) in [6.45, 7) is 3.63. The number of fused-ring (bicyclic) bond motifs is 2. The van der Waals surface area contributed by atoms with Crippen molar-refractivity contribution in [2.24, 2.45) is 11.8 Å². The van der Waals surface area contributed by atoms with Crippen molar-refractivity contribution in [2.45, 2.75) is 45.2 Å². The van der Waals surface area contributed by atoms with Gasteiger partial charge in [-0.15, -0.1) is 0 Å². The van der Waals surface area contributed by atoms with Crippen LogP contribution in [0, 0.1) is 11.8 Å². The summed E-state index contributed by atoms with van der Waals surface area (Å²) >= 11 is 0. The summed E-state index contributed by atoms with van der Waals surface area (Å²) in [7, 11) is 0. The quantitative estimate of drug-likeness (QED) is 0.573. The molecular weight excluding hydrogens is 147 g/mol. The third-order valence-corrected chi connectivity index (χ3v) is 3.49. The molecule has 0 radical (unpaired) electrons. The topological polar surface area (TPSA) is 9.23 Å². The van der Waals surface area contributed by atoms with Gasteiger partial charge in [-0.05, 0) is 37.8 Å². The Morgan fingerprint density at radius 3 is 2.50 bits per heavy atom. The van der Waals surface area contributed by atoms with Crippen molar-refractivity contribution in [1.29, 1.82) is 0 Å². The maximum atomic E-state index is 5.72. The first-order chi connectivity index (χ1) is 5.88. The van der Waals surface area contributed by atoms with Gasteiger partial charge in [-0.2, -0.15) is 0 Å². The van der Waals surface area contributed by atoms with E-state index in [9.17, 15) is 0 Å². The molecule has 2 rings (SSSR count). The zero-order valence-corrected chi connectivity index (χ0v) is 8.09. The zero-order chi connectivity index (χ0) is 8.39. The lowest BCUT2D eigenvalue weighted by molar-refractivity contribution is 0.243. The predicted molar refractivity (Wildman–Crippen MR) is 52.4 cm³/mol. The second-order valence-electron chi connectivity index (χ2n) is 4.45. The summed E-state index contributed by atoms with van der Waals surface area (Å²) in [4.78, 5) is 0. The molecule has 1 saturated carbocycles. The lowest BCUT2D eigenvalue weighted by Gasteiger charge is -2.37. The van der Waals surface area contributed by atoms with E-state index in [2.05, 4.69) is 6.92 Å². The molecule has 2 heteroatoms. The van der Waals surface area contributed by atoms with Crippen LogP contribution >= 0.6 is 0 Å². The normalized spacial score (nSPS) is 35.2. The van der Waals surface area contributed by atoms with E-state index >= 15 is 0 Å². The van der Waals surface area contributed by atoms with Crippen LogP contribution in [0.2, 0.25) is 12.6 Å². The molecule has 1 heterocycles. The lowest BCUT2D eigenvalue weighted by Crippen LogP contribution is -2.33. The maximum absolute atomic E-state index is 5.72. The molecular formula is C10H19BO. The van der Waals surface area contributed by atoms with Crippen molar-refractivity contribution in [3.63, 3.8) is 0 Å². The van der Waals surface area contributed by atoms with E-state index in [1.807, 2.05) is 0 Å². The van der Waals surface area contributed by atoms with E-state index in [0.29, 0.717) is 6.92 Å². The molecule has 1 aliphatic heterocycles. The molecule has 68 valence electrons. The monoisotopic (exact) mass is 166 g/mol. The number of hydrogen-bond donors (Lipinski definition) is 0. The molecule has 1 aliphatic carbocycles. The van der Waals surface area contributed by atoms with E-state index < -0.39 is 0 Å². The molecule has 0 spiro atoms. The van der Waals surface area contributed by atoms with Crippen molar-refractivity contribution >= 4 is 6.92 Å². The lowest BCUT2D eigenvalue weighted by atomic mass is 9.47. The van der Waals surface area contributed by atoms with Crippen LogP contribution < -0.4 is 0 Å². The Balaban J connectivity index is 1.87. The third-order valence-electron chi connectivity index (χ3n) is 3.49. The fourth-order valence-electron chi connectivity index (χ4n) is 3.04. The molecule has 1 nitrogen and oxygen atoms in total. The Bertz CT molecular complexity index is 137. The van der Waals surface area contributed by atoms with E-state index in [4.69, 9.17) is 4.65 Å². The van der Waals surface area contributed by atoms with Crippen LogP contribution in [-0.2, 0) is 4.65 Å². The first kappa shape index (κ1) is 8.62. The summed E-state index contributed by atoms with van der Waals surface area (Å²) in [5.74, 6) is 2.02. The molecule has 0 N–H and O–H groups in total. The van der Waals surface area contributed by atoms with Crippen LogP contribution in [0.3, 0.4) is 0 Å². The first-order valence-corrected chi connectivity index (χ1v) is 5.50. The molecule has 0 aromatic heterocycles. The average molecular weight is 166 g/mol. The van der Waals surface area contributed by atoms with Gasteiger partial charge in [0.25, 0.3) is 6.92 Å². The maximum Gasteiger partial charge on any atom is 0.293 e. The van der Waals surface area contributed by atoms with Crippen molar-refractivity contribution in [1.82, 2.24) is 0 Å². The summed E-state index contributed by atoms with van der Waals surface area (Å²) in [5.41, 5.74) is 0. The van der Waals surface area contributed by atoms with E-state index in [1.165, 1.54) is 38.3 Å². The minimum atomic E-state index is 0.610. The molecule has 1 saturated heterocycles. The standard InChI is InChI=1S/C10H19BO/c1-2-12-11-7-9-4-3-5-10(6-9)8-11/h9-10H,2-8H2,1H3.